The van der Waals surface area contributed by atoms with Crippen molar-refractivity contribution in [3.8, 4) is 12.3 Å². The molecule has 52 valence electrons. The monoisotopic (exact) mass is 153 g/mol. The van der Waals surface area contributed by atoms with Crippen molar-refractivity contribution >= 4 is 16.5 Å². The third kappa shape index (κ3) is 2.03. The maximum atomic E-state index is 5.05. The van der Waals surface area contributed by atoms with Gasteiger partial charge < -0.3 is 5.32 Å². The van der Waals surface area contributed by atoms with Gasteiger partial charge in [0.1, 0.15) is 5.51 Å². The lowest BCUT2D eigenvalue weighted by Crippen LogP contribution is -1.99. The molecule has 1 rings (SSSR count). The number of hydrogen-bond acceptors (Lipinski definition) is 4. The third-order valence-electron chi connectivity index (χ3n) is 0.906. The molecule has 0 aromatic carbocycles. The van der Waals surface area contributed by atoms with Gasteiger partial charge in [0, 0.05) is 13.0 Å². The van der Waals surface area contributed by atoms with E-state index in [1.165, 1.54) is 11.3 Å². The first kappa shape index (κ1) is 7.03. The van der Waals surface area contributed by atoms with Crippen LogP contribution >= 0.6 is 11.3 Å². The van der Waals surface area contributed by atoms with Crippen LogP contribution in [0.1, 0.15) is 6.42 Å². The largest absolute Gasteiger partial charge is 0.359 e. The van der Waals surface area contributed by atoms with E-state index in [4.69, 9.17) is 6.42 Å². The summed E-state index contributed by atoms with van der Waals surface area (Å²) in [5.74, 6) is 2.52. The second kappa shape index (κ2) is 3.85. The number of anilines is 1. The van der Waals surface area contributed by atoms with Crippen LogP contribution in [-0.4, -0.2) is 16.7 Å². The Bertz CT molecular complexity index is 211. The predicted octanol–water partition coefficient (Wildman–Crippen LogP) is 0.973. The van der Waals surface area contributed by atoms with E-state index in [2.05, 4.69) is 21.4 Å². The molecule has 0 aliphatic carbocycles. The molecule has 1 aromatic heterocycles. The maximum absolute atomic E-state index is 5.05. The summed E-state index contributed by atoms with van der Waals surface area (Å²) in [7, 11) is 0. The molecule has 0 saturated heterocycles. The number of nitrogens with one attached hydrogen (secondary N) is 1. The third-order valence-corrected chi connectivity index (χ3v) is 1.55. The Labute approximate surface area is 63.5 Å². The summed E-state index contributed by atoms with van der Waals surface area (Å²) in [5.41, 5.74) is 1.68. The Kier molecular flexibility index (Phi) is 2.71. The topological polar surface area (TPSA) is 37.8 Å². The van der Waals surface area contributed by atoms with Crippen molar-refractivity contribution < 1.29 is 0 Å². The summed E-state index contributed by atoms with van der Waals surface area (Å²) < 4.78 is 0. The smallest absolute Gasteiger partial charge is 0.205 e. The molecule has 0 unspecified atom stereocenters. The van der Waals surface area contributed by atoms with Gasteiger partial charge in [0.05, 0.1) is 0 Å². The molecule has 0 bridgehead atoms. The summed E-state index contributed by atoms with van der Waals surface area (Å²) >= 11 is 1.47. The first-order valence-electron chi connectivity index (χ1n) is 2.87. The van der Waals surface area contributed by atoms with Gasteiger partial charge in [-0.25, -0.2) is 0 Å². The molecule has 4 heteroatoms. The van der Waals surface area contributed by atoms with Crippen LogP contribution in [0.3, 0.4) is 0 Å². The first-order chi connectivity index (χ1) is 4.93. The molecular formula is C6H7N3S. The van der Waals surface area contributed by atoms with Crippen LogP contribution in [0.15, 0.2) is 5.51 Å². The normalized spacial score (nSPS) is 8.70. The van der Waals surface area contributed by atoms with Gasteiger partial charge in [0.15, 0.2) is 0 Å². The lowest BCUT2D eigenvalue weighted by atomic mass is 10.4. The minimum Gasteiger partial charge on any atom is -0.359 e. The Morgan fingerprint density at radius 2 is 2.70 bits per heavy atom. The lowest BCUT2D eigenvalue weighted by Gasteiger charge is -1.94. The molecule has 0 aliphatic heterocycles. The molecule has 1 heterocycles. The van der Waals surface area contributed by atoms with Gasteiger partial charge in [0.2, 0.25) is 5.13 Å². The van der Waals surface area contributed by atoms with Crippen molar-refractivity contribution in [1.29, 1.82) is 0 Å². The average Bonchev–Trinajstić information content (AvgIpc) is 2.41. The second-order valence-corrected chi connectivity index (χ2v) is 2.46. The van der Waals surface area contributed by atoms with Gasteiger partial charge in [-0.3, -0.25) is 0 Å². The van der Waals surface area contributed by atoms with Crippen molar-refractivity contribution in [1.82, 2.24) is 10.2 Å². The molecule has 3 nitrogen and oxygen atoms in total. The molecule has 0 spiro atoms. The minimum absolute atomic E-state index is 0.722. The van der Waals surface area contributed by atoms with E-state index in [9.17, 15) is 0 Å². The predicted molar refractivity (Wildman–Crippen MR) is 41.8 cm³/mol. The van der Waals surface area contributed by atoms with Crippen molar-refractivity contribution in [2.75, 3.05) is 11.9 Å². The highest BCUT2D eigenvalue weighted by Gasteiger charge is 1.90. The van der Waals surface area contributed by atoms with Crippen LogP contribution in [0.4, 0.5) is 5.13 Å². The van der Waals surface area contributed by atoms with Crippen molar-refractivity contribution in [3.63, 3.8) is 0 Å². The highest BCUT2D eigenvalue weighted by Crippen LogP contribution is 2.06. The molecule has 1 aromatic rings. The highest BCUT2D eigenvalue weighted by atomic mass is 32.1. The van der Waals surface area contributed by atoms with E-state index in [0.717, 1.165) is 18.1 Å². The van der Waals surface area contributed by atoms with Crippen LogP contribution in [0, 0.1) is 12.3 Å². The van der Waals surface area contributed by atoms with E-state index in [1.807, 2.05) is 0 Å². The second-order valence-electron chi connectivity index (χ2n) is 1.62. The van der Waals surface area contributed by atoms with Gasteiger partial charge in [0.25, 0.3) is 0 Å². The Morgan fingerprint density at radius 1 is 1.80 bits per heavy atom. The first-order valence-corrected chi connectivity index (χ1v) is 3.75. The molecule has 0 saturated carbocycles. The molecule has 1 N–H and O–H groups in total. The zero-order chi connectivity index (χ0) is 7.23. The van der Waals surface area contributed by atoms with Gasteiger partial charge in [-0.15, -0.1) is 22.5 Å². The van der Waals surface area contributed by atoms with E-state index in [0.29, 0.717) is 0 Å². The Morgan fingerprint density at radius 3 is 3.30 bits per heavy atom. The van der Waals surface area contributed by atoms with Gasteiger partial charge in [-0.1, -0.05) is 11.3 Å². The number of hydrogen-bond donors (Lipinski definition) is 1. The lowest BCUT2D eigenvalue weighted by molar-refractivity contribution is 1.04. The summed E-state index contributed by atoms with van der Waals surface area (Å²) in [6, 6.07) is 0. The number of rotatable bonds is 3. The molecule has 0 radical (unpaired) electrons. The van der Waals surface area contributed by atoms with Crippen molar-refractivity contribution in [2.45, 2.75) is 6.42 Å². The van der Waals surface area contributed by atoms with Crippen molar-refractivity contribution in [3.05, 3.63) is 5.51 Å². The standard InChI is InChI=1S/C6H7N3S/c1-2-3-4-7-6-9-8-5-10-6/h1,5H,3-4H2,(H,7,9). The molecular weight excluding hydrogens is 146 g/mol. The Hall–Kier alpha value is -1.08. The number of terminal acetylenes is 1. The summed E-state index contributed by atoms with van der Waals surface area (Å²) in [6.07, 6.45) is 5.77. The van der Waals surface area contributed by atoms with Crippen LogP contribution < -0.4 is 5.32 Å². The van der Waals surface area contributed by atoms with Crippen LogP contribution in [0.2, 0.25) is 0 Å². The summed E-state index contributed by atoms with van der Waals surface area (Å²) in [4.78, 5) is 0. The van der Waals surface area contributed by atoms with E-state index in [1.54, 1.807) is 5.51 Å². The molecule has 0 fully saturated rings. The highest BCUT2D eigenvalue weighted by molar-refractivity contribution is 7.13. The van der Waals surface area contributed by atoms with Crippen LogP contribution in [0.5, 0.6) is 0 Å². The fourth-order valence-corrected chi connectivity index (χ4v) is 0.965. The fourth-order valence-electron chi connectivity index (χ4n) is 0.492. The van der Waals surface area contributed by atoms with Gasteiger partial charge in [-0.2, -0.15) is 0 Å². The SMILES string of the molecule is C#CCCNc1nncs1. The van der Waals surface area contributed by atoms with Crippen molar-refractivity contribution in [2.24, 2.45) is 0 Å². The van der Waals surface area contributed by atoms with Gasteiger partial charge in [-0.05, 0) is 0 Å². The molecule has 0 amide bonds. The fraction of sp³-hybridized carbons (Fsp3) is 0.333. The molecule has 0 aliphatic rings. The van der Waals surface area contributed by atoms with Gasteiger partial charge >= 0.3 is 0 Å². The van der Waals surface area contributed by atoms with E-state index < -0.39 is 0 Å². The minimum atomic E-state index is 0.722. The summed E-state index contributed by atoms with van der Waals surface area (Å²) in [6.45, 7) is 0.770. The quantitative estimate of drug-likeness (QED) is 0.519. The molecule has 0 atom stereocenters. The Balaban J connectivity index is 2.23. The molecule has 10 heavy (non-hydrogen) atoms. The van der Waals surface area contributed by atoms with E-state index in [-0.39, 0.29) is 0 Å². The van der Waals surface area contributed by atoms with Crippen LogP contribution in [-0.2, 0) is 0 Å². The van der Waals surface area contributed by atoms with Crippen LogP contribution in [0.25, 0.3) is 0 Å². The number of aromatic nitrogens is 2. The summed E-state index contributed by atoms with van der Waals surface area (Å²) in [5, 5.41) is 11.3. The van der Waals surface area contributed by atoms with E-state index >= 15 is 0 Å². The average molecular weight is 153 g/mol. The zero-order valence-electron chi connectivity index (χ0n) is 5.37. The zero-order valence-corrected chi connectivity index (χ0v) is 6.19. The maximum Gasteiger partial charge on any atom is 0.205 e. The number of nitrogens with zero attached hydrogens (tertiary/aromatic N) is 2.